The van der Waals surface area contributed by atoms with Gasteiger partial charge in [-0.05, 0) is 61.2 Å². The van der Waals surface area contributed by atoms with Crippen molar-refractivity contribution in [3.8, 4) is 0 Å². The number of benzene rings is 3. The van der Waals surface area contributed by atoms with Gasteiger partial charge in [-0.2, -0.15) is 0 Å². The first-order chi connectivity index (χ1) is 13.7. The van der Waals surface area contributed by atoms with Gasteiger partial charge in [-0.25, -0.2) is 0 Å². The molecule has 0 atom stereocenters. The zero-order valence-electron chi connectivity index (χ0n) is 19.4. The van der Waals surface area contributed by atoms with Crippen LogP contribution in [0.5, 0.6) is 0 Å². The van der Waals surface area contributed by atoms with E-state index in [1.54, 1.807) is 0 Å². The maximum absolute atomic E-state index is 2.34. The molecular formula is C27H34BN. The van der Waals surface area contributed by atoms with E-state index in [9.17, 15) is 0 Å². The summed E-state index contributed by atoms with van der Waals surface area (Å²) in [6.45, 7) is 14.7. The van der Waals surface area contributed by atoms with Crippen LogP contribution in [0.2, 0.25) is 0 Å². The lowest BCUT2D eigenvalue weighted by molar-refractivity contribution is 0.403. The van der Waals surface area contributed by atoms with Crippen LogP contribution in [0, 0.1) is 41.5 Å². The van der Waals surface area contributed by atoms with Gasteiger partial charge in [-0.1, -0.05) is 98.3 Å². The van der Waals surface area contributed by atoms with Gasteiger partial charge in [0.25, 0.3) is 0 Å². The lowest BCUT2D eigenvalue weighted by atomic mass is 9.33. The molecule has 0 aliphatic carbocycles. The summed E-state index contributed by atoms with van der Waals surface area (Å²) in [5, 5.41) is 0. The molecule has 0 saturated heterocycles. The highest BCUT2D eigenvalue weighted by molar-refractivity contribution is 6.96. The molecule has 0 radical (unpaired) electrons. The summed E-state index contributed by atoms with van der Waals surface area (Å²) in [4.78, 5) is 2.26. The van der Waals surface area contributed by atoms with Crippen molar-refractivity contribution < 1.29 is 0 Å². The molecule has 0 spiro atoms. The first-order valence-corrected chi connectivity index (χ1v) is 10.6. The summed E-state index contributed by atoms with van der Waals surface area (Å²) in [7, 11) is 4.30. The van der Waals surface area contributed by atoms with Gasteiger partial charge in [-0.15, -0.1) is 0 Å². The molecule has 3 aromatic carbocycles. The number of hydrogen-bond acceptors (Lipinski definition) is 1. The fraction of sp³-hybridized carbons (Fsp3) is 0.333. The van der Waals surface area contributed by atoms with E-state index in [1.807, 2.05) is 0 Å². The fourth-order valence-electron chi connectivity index (χ4n) is 5.05. The second kappa shape index (κ2) is 8.59. The minimum atomic E-state index is 0.243. The van der Waals surface area contributed by atoms with Crippen molar-refractivity contribution in [1.29, 1.82) is 0 Å². The van der Waals surface area contributed by atoms with Crippen molar-refractivity contribution in [3.05, 3.63) is 87.5 Å². The summed E-state index contributed by atoms with van der Waals surface area (Å²) in [5.41, 5.74) is 13.9. The standard InChI is InChI=1S/C27H34BN/c1-18-13-20(3)26(21(4)14-18)28(27-22(5)15-19(2)16-23(27)6)25-12-10-9-11-24(25)17-29(7)8/h9-16H,17H2,1-8H3. The minimum absolute atomic E-state index is 0.243. The largest absolute Gasteiger partial charge is 0.305 e. The average Bonchev–Trinajstić information content (AvgIpc) is 2.59. The Kier molecular flexibility index (Phi) is 6.34. The van der Waals surface area contributed by atoms with Crippen LogP contribution < -0.4 is 16.4 Å². The van der Waals surface area contributed by atoms with E-state index in [4.69, 9.17) is 0 Å². The molecule has 0 unspecified atom stereocenters. The Morgan fingerprint density at radius 1 is 0.655 bits per heavy atom. The van der Waals surface area contributed by atoms with E-state index in [0.717, 1.165) is 6.54 Å². The van der Waals surface area contributed by atoms with Gasteiger partial charge in [0.1, 0.15) is 0 Å². The van der Waals surface area contributed by atoms with E-state index in [-0.39, 0.29) is 6.71 Å². The molecule has 3 rings (SSSR count). The fourth-order valence-corrected chi connectivity index (χ4v) is 5.05. The molecule has 0 aliphatic heterocycles. The van der Waals surface area contributed by atoms with Crippen LogP contribution in [0.4, 0.5) is 0 Å². The Labute approximate surface area is 177 Å². The molecule has 0 heterocycles. The Balaban J connectivity index is 2.37. The normalized spacial score (nSPS) is 11.2. The van der Waals surface area contributed by atoms with Gasteiger partial charge in [0, 0.05) is 6.54 Å². The van der Waals surface area contributed by atoms with Crippen molar-refractivity contribution in [3.63, 3.8) is 0 Å². The number of hydrogen-bond donors (Lipinski definition) is 0. The summed E-state index contributed by atoms with van der Waals surface area (Å²) < 4.78 is 0. The predicted octanol–water partition coefficient (Wildman–Crippen LogP) is 4.11. The van der Waals surface area contributed by atoms with Gasteiger partial charge < -0.3 is 4.90 Å². The SMILES string of the molecule is Cc1cc(C)c(B(c2ccccc2CN(C)C)c2c(C)cc(C)cc2C)c(C)c1. The van der Waals surface area contributed by atoms with Crippen LogP contribution in [0.3, 0.4) is 0 Å². The van der Waals surface area contributed by atoms with E-state index in [2.05, 4.69) is 109 Å². The lowest BCUT2D eigenvalue weighted by Crippen LogP contribution is -2.57. The highest BCUT2D eigenvalue weighted by atomic mass is 15.0. The first-order valence-electron chi connectivity index (χ1n) is 10.6. The maximum atomic E-state index is 2.34. The third-order valence-corrected chi connectivity index (χ3v) is 5.91. The van der Waals surface area contributed by atoms with Crippen molar-refractivity contribution in [2.24, 2.45) is 0 Å². The summed E-state index contributed by atoms with van der Waals surface area (Å²) in [6.07, 6.45) is 0. The van der Waals surface area contributed by atoms with Crippen LogP contribution in [0.1, 0.15) is 38.9 Å². The van der Waals surface area contributed by atoms with Crippen molar-refractivity contribution in [1.82, 2.24) is 4.90 Å². The highest BCUT2D eigenvalue weighted by Gasteiger charge is 2.29. The Hall–Kier alpha value is -2.32. The van der Waals surface area contributed by atoms with E-state index in [1.165, 1.54) is 55.3 Å². The summed E-state index contributed by atoms with van der Waals surface area (Å²) in [5.74, 6) is 0. The molecule has 3 aromatic rings. The predicted molar refractivity (Wildman–Crippen MR) is 130 cm³/mol. The van der Waals surface area contributed by atoms with E-state index in [0.29, 0.717) is 0 Å². The van der Waals surface area contributed by atoms with Crippen LogP contribution >= 0.6 is 0 Å². The molecule has 0 saturated carbocycles. The smallest absolute Gasteiger partial charge is 0.242 e. The second-order valence-corrected chi connectivity index (χ2v) is 8.99. The zero-order chi connectivity index (χ0) is 21.3. The maximum Gasteiger partial charge on any atom is 0.242 e. The van der Waals surface area contributed by atoms with Gasteiger partial charge in [0.2, 0.25) is 6.71 Å². The van der Waals surface area contributed by atoms with Crippen molar-refractivity contribution in [2.45, 2.75) is 48.1 Å². The average molecular weight is 383 g/mol. The number of aryl methyl sites for hydroxylation is 6. The molecule has 0 aliphatic rings. The van der Waals surface area contributed by atoms with Gasteiger partial charge in [-0.3, -0.25) is 0 Å². The Morgan fingerprint density at radius 2 is 1.07 bits per heavy atom. The molecular weight excluding hydrogens is 349 g/mol. The number of rotatable bonds is 5. The quantitative estimate of drug-likeness (QED) is 0.600. The molecule has 0 bridgehead atoms. The van der Waals surface area contributed by atoms with E-state index >= 15 is 0 Å². The van der Waals surface area contributed by atoms with Crippen LogP contribution in [-0.4, -0.2) is 25.7 Å². The van der Waals surface area contributed by atoms with Crippen LogP contribution in [0.25, 0.3) is 0 Å². The molecule has 0 amide bonds. The molecule has 150 valence electrons. The molecule has 0 N–H and O–H groups in total. The highest BCUT2D eigenvalue weighted by Crippen LogP contribution is 2.14. The molecule has 2 heteroatoms. The van der Waals surface area contributed by atoms with E-state index < -0.39 is 0 Å². The minimum Gasteiger partial charge on any atom is -0.305 e. The molecule has 29 heavy (non-hydrogen) atoms. The van der Waals surface area contributed by atoms with Crippen molar-refractivity contribution >= 4 is 23.1 Å². The summed E-state index contributed by atoms with van der Waals surface area (Å²) in [6, 6.07) is 18.3. The second-order valence-electron chi connectivity index (χ2n) is 8.99. The third kappa shape index (κ3) is 4.48. The number of nitrogens with zero attached hydrogens (tertiary/aromatic N) is 1. The van der Waals surface area contributed by atoms with Gasteiger partial charge in [0.15, 0.2) is 0 Å². The topological polar surface area (TPSA) is 3.24 Å². The molecule has 1 nitrogen and oxygen atoms in total. The first kappa shape index (κ1) is 21.4. The Morgan fingerprint density at radius 3 is 1.48 bits per heavy atom. The Bertz CT molecular complexity index is 929. The van der Waals surface area contributed by atoms with Gasteiger partial charge in [0.05, 0.1) is 0 Å². The van der Waals surface area contributed by atoms with Crippen LogP contribution in [-0.2, 0) is 6.54 Å². The molecule has 0 fully saturated rings. The van der Waals surface area contributed by atoms with Gasteiger partial charge >= 0.3 is 0 Å². The molecule has 0 aromatic heterocycles. The summed E-state index contributed by atoms with van der Waals surface area (Å²) >= 11 is 0. The van der Waals surface area contributed by atoms with Crippen LogP contribution in [0.15, 0.2) is 48.5 Å². The zero-order valence-corrected chi connectivity index (χ0v) is 19.4. The lowest BCUT2D eigenvalue weighted by Gasteiger charge is -2.27. The monoisotopic (exact) mass is 383 g/mol. The third-order valence-electron chi connectivity index (χ3n) is 5.91. The van der Waals surface area contributed by atoms with Crippen molar-refractivity contribution in [2.75, 3.05) is 14.1 Å².